The number of fused-ring (bicyclic) bond motifs is 2. The summed E-state index contributed by atoms with van der Waals surface area (Å²) in [5, 5.41) is 10.1. The Morgan fingerprint density at radius 1 is 0.321 bits per heavy atom. The van der Waals surface area contributed by atoms with Gasteiger partial charge in [-0.2, -0.15) is 0 Å². The number of rotatable bonds is 8. The first-order valence-corrected chi connectivity index (χ1v) is 20.1. The number of hydrogen-bond acceptors (Lipinski definition) is 2. The Morgan fingerprint density at radius 3 is 1.04 bits per heavy atom. The van der Waals surface area contributed by atoms with Crippen LogP contribution in [0.2, 0.25) is 0 Å². The molecule has 0 unspecified atom stereocenters. The molecule has 0 spiro atoms. The minimum Gasteiger partial charge on any atom is -0.497 e. The van der Waals surface area contributed by atoms with Gasteiger partial charge in [-0.3, -0.25) is 0 Å². The Balaban J connectivity index is 1.50. The fourth-order valence-corrected chi connectivity index (χ4v) is 14.0. The lowest BCUT2D eigenvalue weighted by Crippen LogP contribution is -2.59. The van der Waals surface area contributed by atoms with Gasteiger partial charge in [-0.25, -0.2) is 0 Å². The molecule has 3 heteroatoms. The summed E-state index contributed by atoms with van der Waals surface area (Å²) >= 11 is 0. The van der Waals surface area contributed by atoms with Gasteiger partial charge in [0.05, 0.1) is 14.2 Å². The van der Waals surface area contributed by atoms with E-state index in [1.165, 1.54) is 64.9 Å². The summed E-state index contributed by atoms with van der Waals surface area (Å²) < 4.78 is 11.3. The van der Waals surface area contributed by atoms with Gasteiger partial charge < -0.3 is 9.47 Å². The molecule has 0 aromatic heterocycles. The van der Waals surface area contributed by atoms with Crippen LogP contribution in [0.3, 0.4) is 0 Å². The summed E-state index contributed by atoms with van der Waals surface area (Å²) in [6.07, 6.45) is 0. The van der Waals surface area contributed by atoms with Crippen molar-refractivity contribution in [2.75, 3.05) is 14.2 Å². The fraction of sp³-hybridized carbons (Fsp3) is 0.0400. The molecular weight excluding hydrogens is 661 g/mol. The maximum absolute atomic E-state index is 5.63. The topological polar surface area (TPSA) is 18.5 Å². The SMILES string of the molecule is COc1ccc2cc(C3=C(c4ccccc4)C(c4ccccc4)=C(c4ccc5cc(OC)ccc5c4)[Si]3(c3ccccc3)c3ccccc3)ccc2c1. The summed E-state index contributed by atoms with van der Waals surface area (Å²) in [7, 11) is 0.340. The van der Waals surface area contributed by atoms with Crippen molar-refractivity contribution in [3.05, 3.63) is 216 Å². The van der Waals surface area contributed by atoms with Crippen molar-refractivity contribution in [3.63, 3.8) is 0 Å². The van der Waals surface area contributed by atoms with Gasteiger partial charge in [0.2, 0.25) is 0 Å². The van der Waals surface area contributed by atoms with Crippen molar-refractivity contribution in [3.8, 4) is 11.5 Å². The molecule has 1 aliphatic rings. The molecule has 2 nitrogen and oxygen atoms in total. The predicted octanol–water partition coefficient (Wildman–Crippen LogP) is 10.9. The van der Waals surface area contributed by atoms with Crippen LogP contribution in [0.4, 0.5) is 0 Å². The molecule has 0 saturated heterocycles. The van der Waals surface area contributed by atoms with Gasteiger partial charge in [-0.15, -0.1) is 0 Å². The van der Waals surface area contributed by atoms with Crippen LogP contribution >= 0.6 is 0 Å². The Bertz CT molecular complexity index is 2470. The smallest absolute Gasteiger partial charge is 0.182 e. The third kappa shape index (κ3) is 5.49. The molecule has 0 saturated carbocycles. The summed E-state index contributed by atoms with van der Waals surface area (Å²) in [5.74, 6) is 1.72. The molecule has 1 aliphatic heterocycles. The normalized spacial score (nSPS) is 13.8. The van der Waals surface area contributed by atoms with Crippen molar-refractivity contribution >= 4 is 61.5 Å². The van der Waals surface area contributed by atoms with Gasteiger partial charge in [-0.05, 0) is 112 Å². The molecule has 53 heavy (non-hydrogen) atoms. The molecule has 0 amide bonds. The van der Waals surface area contributed by atoms with E-state index >= 15 is 0 Å². The maximum Gasteiger partial charge on any atom is 0.182 e. The Kier molecular flexibility index (Phi) is 8.34. The molecule has 0 radical (unpaired) electrons. The number of ether oxygens (including phenoxy) is 2. The Labute approximate surface area is 311 Å². The average Bonchev–Trinajstić information content (AvgIpc) is 3.57. The molecule has 1 heterocycles. The lowest BCUT2D eigenvalue weighted by atomic mass is 9.89. The quantitative estimate of drug-likeness (QED) is 0.147. The van der Waals surface area contributed by atoms with Gasteiger partial charge in [0, 0.05) is 0 Å². The fourth-order valence-electron chi connectivity index (χ4n) is 8.39. The van der Waals surface area contributed by atoms with Crippen molar-refractivity contribution in [1.29, 1.82) is 0 Å². The van der Waals surface area contributed by atoms with Gasteiger partial charge >= 0.3 is 0 Å². The van der Waals surface area contributed by atoms with E-state index in [0.29, 0.717) is 0 Å². The minimum atomic E-state index is -3.12. The molecule has 0 bridgehead atoms. The summed E-state index contributed by atoms with van der Waals surface area (Å²) in [5.41, 5.74) is 7.45. The summed E-state index contributed by atoms with van der Waals surface area (Å²) in [4.78, 5) is 0. The molecule has 8 aromatic carbocycles. The zero-order chi connectivity index (χ0) is 35.8. The monoisotopic (exact) mass is 698 g/mol. The first-order valence-electron chi connectivity index (χ1n) is 18.1. The van der Waals surface area contributed by atoms with Crippen molar-refractivity contribution in [2.45, 2.75) is 0 Å². The van der Waals surface area contributed by atoms with E-state index in [2.05, 4.69) is 194 Å². The van der Waals surface area contributed by atoms with Crippen LogP contribution in [0, 0.1) is 0 Å². The third-order valence-electron chi connectivity index (χ3n) is 10.7. The molecular formula is C50H38O2Si. The standard InChI is InChI=1S/C50H38O2Si/c1-51-43-29-27-37-31-41(25-23-39(37)33-43)49-47(35-15-7-3-8-16-35)48(36-17-9-4-10-18-36)50(42-26-24-40-34-44(52-2)30-28-38(40)32-42)53(49,45-19-11-5-12-20-45)46-21-13-6-14-22-46/h3-34H,1-2H3. The Hall–Kier alpha value is -6.42. The third-order valence-corrected chi connectivity index (χ3v) is 15.7. The molecule has 0 atom stereocenters. The summed E-state index contributed by atoms with van der Waals surface area (Å²) in [6, 6.07) is 71.4. The average molecular weight is 699 g/mol. The van der Waals surface area contributed by atoms with Crippen molar-refractivity contribution in [2.24, 2.45) is 0 Å². The van der Waals surface area contributed by atoms with E-state index in [1.54, 1.807) is 14.2 Å². The second-order valence-corrected chi connectivity index (χ2v) is 17.2. The van der Waals surface area contributed by atoms with E-state index in [1.807, 2.05) is 0 Å². The number of hydrogen-bond donors (Lipinski definition) is 0. The lowest BCUT2D eigenvalue weighted by Gasteiger charge is -2.36. The second kappa shape index (κ2) is 13.6. The Morgan fingerprint density at radius 2 is 0.660 bits per heavy atom. The van der Waals surface area contributed by atoms with E-state index in [-0.39, 0.29) is 0 Å². The van der Waals surface area contributed by atoms with Crippen LogP contribution in [-0.4, -0.2) is 22.3 Å². The highest BCUT2D eigenvalue weighted by Crippen LogP contribution is 2.55. The highest BCUT2D eigenvalue weighted by Gasteiger charge is 2.53. The maximum atomic E-state index is 5.63. The largest absolute Gasteiger partial charge is 0.497 e. The van der Waals surface area contributed by atoms with Crippen LogP contribution in [-0.2, 0) is 0 Å². The van der Waals surface area contributed by atoms with Crippen LogP contribution in [0.15, 0.2) is 194 Å². The number of allylic oxidation sites excluding steroid dienone is 2. The second-order valence-electron chi connectivity index (χ2n) is 13.6. The van der Waals surface area contributed by atoms with Crippen LogP contribution in [0.25, 0.3) is 43.1 Å². The molecule has 0 fully saturated rings. The number of benzene rings is 8. The van der Waals surface area contributed by atoms with Gasteiger partial charge in [0.25, 0.3) is 0 Å². The van der Waals surface area contributed by atoms with Gasteiger partial charge in [0.1, 0.15) is 11.5 Å². The van der Waals surface area contributed by atoms with Gasteiger partial charge in [-0.1, -0.05) is 158 Å². The molecule has 0 N–H and O–H groups in total. The van der Waals surface area contributed by atoms with E-state index in [9.17, 15) is 0 Å². The lowest BCUT2D eigenvalue weighted by molar-refractivity contribution is 0.415. The van der Waals surface area contributed by atoms with Crippen LogP contribution in [0.1, 0.15) is 22.3 Å². The molecule has 254 valence electrons. The molecule has 8 aromatic rings. The first kappa shape index (κ1) is 32.5. The highest BCUT2D eigenvalue weighted by atomic mass is 28.3. The number of methoxy groups -OCH3 is 2. The van der Waals surface area contributed by atoms with Crippen LogP contribution in [0.5, 0.6) is 11.5 Å². The van der Waals surface area contributed by atoms with E-state index in [4.69, 9.17) is 9.47 Å². The van der Waals surface area contributed by atoms with E-state index in [0.717, 1.165) is 22.3 Å². The van der Waals surface area contributed by atoms with Crippen molar-refractivity contribution < 1.29 is 9.47 Å². The van der Waals surface area contributed by atoms with Gasteiger partial charge in [0.15, 0.2) is 8.07 Å². The van der Waals surface area contributed by atoms with Crippen LogP contribution < -0.4 is 19.8 Å². The predicted molar refractivity (Wildman–Crippen MR) is 225 cm³/mol. The minimum absolute atomic E-state index is 0.858. The highest BCUT2D eigenvalue weighted by molar-refractivity contribution is 7.29. The zero-order valence-electron chi connectivity index (χ0n) is 29.8. The summed E-state index contributed by atoms with van der Waals surface area (Å²) in [6.45, 7) is 0. The zero-order valence-corrected chi connectivity index (χ0v) is 30.8. The van der Waals surface area contributed by atoms with Crippen molar-refractivity contribution in [1.82, 2.24) is 0 Å². The first-order chi connectivity index (χ1) is 26.2. The van der Waals surface area contributed by atoms with E-state index < -0.39 is 8.07 Å². The molecule has 9 rings (SSSR count). The molecule has 0 aliphatic carbocycles.